The summed E-state index contributed by atoms with van der Waals surface area (Å²) in [6.45, 7) is 1.77. The van der Waals surface area contributed by atoms with E-state index in [-0.39, 0.29) is 0 Å². The van der Waals surface area contributed by atoms with E-state index < -0.39 is 5.79 Å². The van der Waals surface area contributed by atoms with E-state index >= 15 is 0 Å². The zero-order valence-electron chi connectivity index (χ0n) is 6.34. The quantitative estimate of drug-likeness (QED) is 0.552. The predicted octanol–water partition coefficient (Wildman–Crippen LogP) is 1.28. The molecule has 2 rings (SSSR count). The molecule has 1 aliphatic heterocycles. The molecule has 0 radical (unpaired) electrons. The molecule has 2 aliphatic rings. The van der Waals surface area contributed by atoms with Crippen LogP contribution in [-0.2, 0) is 4.74 Å². The molecule has 3 unspecified atom stereocenters. The number of ether oxygens (including phenoxy) is 1. The Kier molecular flexibility index (Phi) is 1.29. The van der Waals surface area contributed by atoms with Crippen molar-refractivity contribution < 1.29 is 9.84 Å². The molecular weight excluding hydrogens is 128 g/mol. The van der Waals surface area contributed by atoms with E-state index in [1.807, 2.05) is 0 Å². The highest BCUT2D eigenvalue weighted by atomic mass is 16.6. The van der Waals surface area contributed by atoms with E-state index in [2.05, 4.69) is 0 Å². The first-order valence-corrected chi connectivity index (χ1v) is 4.08. The zero-order chi connectivity index (χ0) is 7.19. The Morgan fingerprint density at radius 2 is 2.30 bits per heavy atom. The molecule has 1 saturated carbocycles. The molecule has 58 valence electrons. The molecule has 1 aliphatic carbocycles. The van der Waals surface area contributed by atoms with Crippen molar-refractivity contribution in [3.05, 3.63) is 0 Å². The lowest BCUT2D eigenvalue weighted by atomic mass is 10.0. The van der Waals surface area contributed by atoms with E-state index in [9.17, 15) is 5.11 Å². The molecule has 10 heavy (non-hydrogen) atoms. The van der Waals surface area contributed by atoms with Gasteiger partial charge in [0.2, 0.25) is 0 Å². The molecule has 3 atom stereocenters. The van der Waals surface area contributed by atoms with Crippen LogP contribution in [0, 0.1) is 5.92 Å². The van der Waals surface area contributed by atoms with Gasteiger partial charge in [-0.25, -0.2) is 0 Å². The summed E-state index contributed by atoms with van der Waals surface area (Å²) in [5.74, 6) is -0.162. The van der Waals surface area contributed by atoms with Crippen molar-refractivity contribution in [2.75, 3.05) is 0 Å². The lowest BCUT2D eigenvalue weighted by molar-refractivity contribution is -0.178. The molecule has 1 N–H and O–H groups in total. The normalized spacial score (nSPS) is 53.4. The minimum absolute atomic E-state index is 0.370. The van der Waals surface area contributed by atoms with Crippen LogP contribution in [0.5, 0.6) is 0 Å². The summed E-state index contributed by atoms with van der Waals surface area (Å²) >= 11 is 0. The number of hydrogen-bond acceptors (Lipinski definition) is 2. The maximum Gasteiger partial charge on any atom is 0.163 e. The monoisotopic (exact) mass is 142 g/mol. The fourth-order valence-electron chi connectivity index (χ4n) is 2.25. The van der Waals surface area contributed by atoms with Crippen molar-refractivity contribution in [3.63, 3.8) is 0 Å². The Morgan fingerprint density at radius 1 is 1.50 bits per heavy atom. The second-order valence-corrected chi connectivity index (χ2v) is 3.73. The van der Waals surface area contributed by atoms with Crippen molar-refractivity contribution in [1.29, 1.82) is 0 Å². The summed E-state index contributed by atoms with van der Waals surface area (Å²) in [4.78, 5) is 0. The molecule has 0 aromatic heterocycles. The minimum Gasteiger partial charge on any atom is -0.366 e. The highest BCUT2D eigenvalue weighted by Gasteiger charge is 2.43. The molecule has 2 nitrogen and oxygen atoms in total. The smallest absolute Gasteiger partial charge is 0.163 e. The summed E-state index contributed by atoms with van der Waals surface area (Å²) in [6.07, 6.45) is 4.90. The van der Waals surface area contributed by atoms with Crippen LogP contribution in [0.3, 0.4) is 0 Å². The molecule has 1 heterocycles. The zero-order valence-corrected chi connectivity index (χ0v) is 6.34. The van der Waals surface area contributed by atoms with Crippen LogP contribution in [0.25, 0.3) is 0 Å². The first-order valence-electron chi connectivity index (χ1n) is 4.08. The average Bonchev–Trinajstić information content (AvgIpc) is 2.20. The summed E-state index contributed by atoms with van der Waals surface area (Å²) < 4.78 is 5.43. The van der Waals surface area contributed by atoms with Crippen LogP contribution < -0.4 is 0 Å². The Balaban J connectivity index is 2.07. The van der Waals surface area contributed by atoms with Crippen LogP contribution in [0.2, 0.25) is 0 Å². The number of fused-ring (bicyclic) bond motifs is 1. The highest BCUT2D eigenvalue weighted by molar-refractivity contribution is 4.88. The van der Waals surface area contributed by atoms with E-state index in [0.717, 1.165) is 12.8 Å². The van der Waals surface area contributed by atoms with Gasteiger partial charge in [0.15, 0.2) is 5.79 Å². The summed E-state index contributed by atoms with van der Waals surface area (Å²) in [7, 11) is 0. The summed E-state index contributed by atoms with van der Waals surface area (Å²) in [5.41, 5.74) is 0. The molecule has 1 saturated heterocycles. The molecule has 0 aromatic carbocycles. The van der Waals surface area contributed by atoms with Gasteiger partial charge in [-0.3, -0.25) is 0 Å². The van der Waals surface area contributed by atoms with Gasteiger partial charge in [-0.15, -0.1) is 0 Å². The number of hydrogen-bond donors (Lipinski definition) is 1. The fourth-order valence-corrected chi connectivity index (χ4v) is 2.25. The fraction of sp³-hybridized carbons (Fsp3) is 1.00. The third kappa shape index (κ3) is 0.956. The SMILES string of the molecule is CC1(O)CC2CCCC2O1. The molecule has 0 bridgehead atoms. The Hall–Kier alpha value is -0.0800. The maximum absolute atomic E-state index is 9.48. The van der Waals surface area contributed by atoms with Crippen molar-refractivity contribution in [2.45, 2.75) is 44.5 Å². The Morgan fingerprint density at radius 3 is 3.00 bits per heavy atom. The first-order chi connectivity index (χ1) is 4.67. The molecule has 0 amide bonds. The Labute approximate surface area is 61.2 Å². The van der Waals surface area contributed by atoms with Gasteiger partial charge in [-0.05, 0) is 25.7 Å². The van der Waals surface area contributed by atoms with E-state index in [0.29, 0.717) is 12.0 Å². The van der Waals surface area contributed by atoms with Crippen molar-refractivity contribution >= 4 is 0 Å². The van der Waals surface area contributed by atoms with Gasteiger partial charge in [0.05, 0.1) is 6.10 Å². The molecule has 2 fully saturated rings. The summed E-state index contributed by atoms with van der Waals surface area (Å²) in [5, 5.41) is 9.48. The third-order valence-corrected chi connectivity index (χ3v) is 2.64. The lowest BCUT2D eigenvalue weighted by Crippen LogP contribution is -2.23. The van der Waals surface area contributed by atoms with Gasteiger partial charge >= 0.3 is 0 Å². The predicted molar refractivity (Wildman–Crippen MR) is 37.5 cm³/mol. The third-order valence-electron chi connectivity index (χ3n) is 2.64. The lowest BCUT2D eigenvalue weighted by Gasteiger charge is -2.16. The second kappa shape index (κ2) is 1.95. The number of rotatable bonds is 0. The van der Waals surface area contributed by atoms with Crippen LogP contribution in [0.1, 0.15) is 32.6 Å². The van der Waals surface area contributed by atoms with Crippen molar-refractivity contribution in [3.8, 4) is 0 Å². The Bertz CT molecular complexity index is 128. The standard InChI is InChI=1S/C8H14O2/c1-8(9)5-6-3-2-4-7(6)10-8/h6-7,9H,2-5H2,1H3. The topological polar surface area (TPSA) is 29.5 Å². The van der Waals surface area contributed by atoms with E-state index in [4.69, 9.17) is 4.74 Å². The number of aliphatic hydroxyl groups is 1. The molecule has 0 aromatic rings. The highest BCUT2D eigenvalue weighted by Crippen LogP contribution is 2.42. The van der Waals surface area contributed by atoms with Crippen LogP contribution in [0.4, 0.5) is 0 Å². The van der Waals surface area contributed by atoms with Crippen molar-refractivity contribution in [2.24, 2.45) is 5.92 Å². The van der Waals surface area contributed by atoms with Crippen LogP contribution in [-0.4, -0.2) is 17.0 Å². The van der Waals surface area contributed by atoms with Crippen LogP contribution >= 0.6 is 0 Å². The van der Waals surface area contributed by atoms with Gasteiger partial charge in [-0.2, -0.15) is 0 Å². The van der Waals surface area contributed by atoms with Gasteiger partial charge in [-0.1, -0.05) is 6.42 Å². The van der Waals surface area contributed by atoms with Crippen molar-refractivity contribution in [1.82, 2.24) is 0 Å². The largest absolute Gasteiger partial charge is 0.366 e. The van der Waals surface area contributed by atoms with Crippen LogP contribution in [0.15, 0.2) is 0 Å². The molecule has 0 spiro atoms. The molecular formula is C8H14O2. The first kappa shape index (κ1) is 6.62. The van der Waals surface area contributed by atoms with Gasteiger partial charge in [0.25, 0.3) is 0 Å². The van der Waals surface area contributed by atoms with Gasteiger partial charge in [0.1, 0.15) is 0 Å². The van der Waals surface area contributed by atoms with E-state index in [1.165, 1.54) is 12.8 Å². The average molecular weight is 142 g/mol. The van der Waals surface area contributed by atoms with Gasteiger partial charge in [0, 0.05) is 6.42 Å². The van der Waals surface area contributed by atoms with Gasteiger partial charge < -0.3 is 9.84 Å². The second-order valence-electron chi connectivity index (χ2n) is 3.73. The minimum atomic E-state index is -0.810. The van der Waals surface area contributed by atoms with E-state index in [1.54, 1.807) is 6.92 Å². The maximum atomic E-state index is 9.48. The summed E-state index contributed by atoms with van der Waals surface area (Å²) in [6, 6.07) is 0. The molecule has 2 heteroatoms.